The molecule has 0 aromatic heterocycles. The SMILES string of the molecule is NNC(Cc1ccc(F)cc1Cl)C1Cc2ccccc21. The summed E-state index contributed by atoms with van der Waals surface area (Å²) < 4.78 is 13.1. The highest BCUT2D eigenvalue weighted by Gasteiger charge is 2.32. The van der Waals surface area contributed by atoms with Gasteiger partial charge in [-0.05, 0) is 41.7 Å². The van der Waals surface area contributed by atoms with Crippen molar-refractivity contribution in [3.05, 3.63) is 70.0 Å². The van der Waals surface area contributed by atoms with Crippen molar-refractivity contribution in [2.24, 2.45) is 5.84 Å². The largest absolute Gasteiger partial charge is 0.271 e. The van der Waals surface area contributed by atoms with Crippen molar-refractivity contribution in [3.8, 4) is 0 Å². The fourth-order valence-electron chi connectivity index (χ4n) is 2.90. The molecule has 2 nitrogen and oxygen atoms in total. The molecule has 2 aromatic rings. The van der Waals surface area contributed by atoms with E-state index < -0.39 is 0 Å². The van der Waals surface area contributed by atoms with Crippen LogP contribution in [0.15, 0.2) is 42.5 Å². The average molecular weight is 291 g/mol. The van der Waals surface area contributed by atoms with Gasteiger partial charge in [-0.25, -0.2) is 4.39 Å². The van der Waals surface area contributed by atoms with Crippen molar-refractivity contribution in [3.63, 3.8) is 0 Å². The first-order valence-electron chi connectivity index (χ1n) is 6.67. The average Bonchev–Trinajstić information content (AvgIpc) is 2.41. The summed E-state index contributed by atoms with van der Waals surface area (Å²) >= 11 is 6.09. The third kappa shape index (κ3) is 2.44. The minimum absolute atomic E-state index is 0.105. The summed E-state index contributed by atoms with van der Waals surface area (Å²) in [6, 6.07) is 13.0. The van der Waals surface area contributed by atoms with Crippen molar-refractivity contribution in [1.82, 2.24) is 5.43 Å². The highest BCUT2D eigenvalue weighted by atomic mass is 35.5. The van der Waals surface area contributed by atoms with Crippen LogP contribution in [-0.2, 0) is 12.8 Å². The van der Waals surface area contributed by atoms with Gasteiger partial charge in [-0.1, -0.05) is 41.9 Å². The Balaban J connectivity index is 1.79. The summed E-state index contributed by atoms with van der Waals surface area (Å²) in [5.41, 5.74) is 6.52. The predicted molar refractivity (Wildman–Crippen MR) is 79.1 cm³/mol. The Morgan fingerprint density at radius 3 is 2.80 bits per heavy atom. The fourth-order valence-corrected chi connectivity index (χ4v) is 3.14. The predicted octanol–water partition coefficient (Wildman–Crippen LogP) is 3.19. The fraction of sp³-hybridized carbons (Fsp3) is 0.250. The number of halogens is 2. The third-order valence-corrected chi connectivity index (χ3v) is 4.40. The van der Waals surface area contributed by atoms with Gasteiger partial charge < -0.3 is 0 Å². The van der Waals surface area contributed by atoms with E-state index in [9.17, 15) is 4.39 Å². The maximum absolute atomic E-state index is 13.1. The van der Waals surface area contributed by atoms with Crippen molar-refractivity contribution in [2.75, 3.05) is 0 Å². The van der Waals surface area contributed by atoms with E-state index in [0.29, 0.717) is 17.4 Å². The number of rotatable bonds is 4. The highest BCUT2D eigenvalue weighted by Crippen LogP contribution is 2.38. The van der Waals surface area contributed by atoms with Crippen LogP contribution < -0.4 is 11.3 Å². The standard InChI is InChI=1S/C16H16ClFN2/c17-15-9-12(18)6-5-11(15)8-16(20-19)14-7-10-3-1-2-4-13(10)14/h1-6,9,14,16,20H,7-8,19H2. The molecule has 0 radical (unpaired) electrons. The molecule has 0 saturated heterocycles. The Hall–Kier alpha value is -1.42. The highest BCUT2D eigenvalue weighted by molar-refractivity contribution is 6.31. The molecule has 3 rings (SSSR count). The molecule has 0 aliphatic heterocycles. The van der Waals surface area contributed by atoms with Gasteiger partial charge in [0, 0.05) is 17.0 Å². The molecule has 0 bridgehead atoms. The lowest BCUT2D eigenvalue weighted by Gasteiger charge is -2.36. The molecular formula is C16H16ClFN2. The molecule has 2 unspecified atom stereocenters. The van der Waals surface area contributed by atoms with Gasteiger partial charge in [0.1, 0.15) is 5.82 Å². The molecule has 0 saturated carbocycles. The van der Waals surface area contributed by atoms with Crippen LogP contribution in [0.1, 0.15) is 22.6 Å². The zero-order valence-corrected chi connectivity index (χ0v) is 11.7. The molecular weight excluding hydrogens is 275 g/mol. The van der Waals surface area contributed by atoms with E-state index in [1.807, 2.05) is 6.07 Å². The Kier molecular flexibility index (Phi) is 3.74. The summed E-state index contributed by atoms with van der Waals surface area (Å²) in [4.78, 5) is 0. The van der Waals surface area contributed by atoms with Crippen LogP contribution >= 0.6 is 11.6 Å². The molecule has 0 amide bonds. The summed E-state index contributed by atoms with van der Waals surface area (Å²) in [5, 5.41) is 0.456. The zero-order chi connectivity index (χ0) is 14.1. The lowest BCUT2D eigenvalue weighted by atomic mass is 9.72. The Labute approximate surface area is 122 Å². The monoisotopic (exact) mass is 290 g/mol. The van der Waals surface area contributed by atoms with Gasteiger partial charge in [0.25, 0.3) is 0 Å². The molecule has 0 heterocycles. The number of hydrogen-bond acceptors (Lipinski definition) is 2. The third-order valence-electron chi connectivity index (χ3n) is 4.05. The van der Waals surface area contributed by atoms with Crippen LogP contribution in [0.4, 0.5) is 4.39 Å². The van der Waals surface area contributed by atoms with Crippen LogP contribution in [0.2, 0.25) is 5.02 Å². The van der Waals surface area contributed by atoms with Gasteiger partial charge in [0.15, 0.2) is 0 Å². The van der Waals surface area contributed by atoms with E-state index in [-0.39, 0.29) is 11.9 Å². The van der Waals surface area contributed by atoms with E-state index in [0.717, 1.165) is 12.0 Å². The summed E-state index contributed by atoms with van der Waals surface area (Å²) in [5.74, 6) is 5.77. The molecule has 3 N–H and O–H groups in total. The molecule has 104 valence electrons. The van der Waals surface area contributed by atoms with Gasteiger partial charge in [-0.2, -0.15) is 0 Å². The van der Waals surface area contributed by atoms with Crippen LogP contribution in [0.5, 0.6) is 0 Å². The topological polar surface area (TPSA) is 38.0 Å². The number of nitrogens with two attached hydrogens (primary N) is 1. The molecule has 20 heavy (non-hydrogen) atoms. The molecule has 2 atom stereocenters. The van der Waals surface area contributed by atoms with E-state index in [1.54, 1.807) is 6.07 Å². The Morgan fingerprint density at radius 1 is 1.30 bits per heavy atom. The quantitative estimate of drug-likeness (QED) is 0.670. The van der Waals surface area contributed by atoms with E-state index in [2.05, 4.69) is 23.6 Å². The normalized spacial score (nSPS) is 18.2. The number of benzene rings is 2. The van der Waals surface area contributed by atoms with Crippen molar-refractivity contribution in [2.45, 2.75) is 24.8 Å². The number of hydrazine groups is 1. The van der Waals surface area contributed by atoms with Crippen molar-refractivity contribution >= 4 is 11.6 Å². The number of nitrogens with one attached hydrogen (secondary N) is 1. The smallest absolute Gasteiger partial charge is 0.124 e. The minimum atomic E-state index is -0.315. The lowest BCUT2D eigenvalue weighted by molar-refractivity contribution is 0.404. The van der Waals surface area contributed by atoms with Crippen molar-refractivity contribution < 1.29 is 4.39 Å². The Morgan fingerprint density at radius 2 is 2.10 bits per heavy atom. The van der Waals surface area contributed by atoms with Gasteiger partial charge in [-0.15, -0.1) is 0 Å². The van der Waals surface area contributed by atoms with E-state index in [1.165, 1.54) is 23.3 Å². The minimum Gasteiger partial charge on any atom is -0.271 e. The van der Waals surface area contributed by atoms with E-state index in [4.69, 9.17) is 17.4 Å². The molecule has 0 spiro atoms. The van der Waals surface area contributed by atoms with Gasteiger partial charge in [-0.3, -0.25) is 11.3 Å². The van der Waals surface area contributed by atoms with Gasteiger partial charge in [0.2, 0.25) is 0 Å². The molecule has 4 heteroatoms. The molecule has 1 aliphatic carbocycles. The Bertz CT molecular complexity index is 630. The van der Waals surface area contributed by atoms with Gasteiger partial charge in [0.05, 0.1) is 0 Å². The first kappa shape index (κ1) is 13.6. The first-order valence-corrected chi connectivity index (χ1v) is 7.04. The van der Waals surface area contributed by atoms with Crippen LogP contribution in [-0.4, -0.2) is 6.04 Å². The maximum atomic E-state index is 13.1. The van der Waals surface area contributed by atoms with Gasteiger partial charge >= 0.3 is 0 Å². The first-order chi connectivity index (χ1) is 9.69. The van der Waals surface area contributed by atoms with E-state index >= 15 is 0 Å². The summed E-state index contributed by atoms with van der Waals surface area (Å²) in [6.07, 6.45) is 1.71. The lowest BCUT2D eigenvalue weighted by Crippen LogP contribution is -2.45. The zero-order valence-electron chi connectivity index (χ0n) is 10.9. The molecule has 2 aromatic carbocycles. The summed E-state index contributed by atoms with van der Waals surface area (Å²) in [7, 11) is 0. The maximum Gasteiger partial charge on any atom is 0.124 e. The van der Waals surface area contributed by atoms with Crippen molar-refractivity contribution in [1.29, 1.82) is 0 Å². The van der Waals surface area contributed by atoms with Crippen LogP contribution in [0, 0.1) is 5.82 Å². The number of fused-ring (bicyclic) bond motifs is 1. The molecule has 0 fully saturated rings. The second-order valence-electron chi connectivity index (χ2n) is 5.22. The van der Waals surface area contributed by atoms with Crippen LogP contribution in [0.3, 0.4) is 0 Å². The second-order valence-corrected chi connectivity index (χ2v) is 5.63. The summed E-state index contributed by atoms with van der Waals surface area (Å²) in [6.45, 7) is 0. The van der Waals surface area contributed by atoms with Crippen LogP contribution in [0.25, 0.3) is 0 Å². The number of hydrogen-bond donors (Lipinski definition) is 2. The molecule has 1 aliphatic rings. The second kappa shape index (κ2) is 5.52.